The first-order valence-corrected chi connectivity index (χ1v) is 7.82. The van der Waals surface area contributed by atoms with Crippen LogP contribution >= 0.6 is 0 Å². The molecule has 110 valence electrons. The fourth-order valence-electron chi connectivity index (χ4n) is 1.97. The summed E-state index contributed by atoms with van der Waals surface area (Å²) in [5.41, 5.74) is -0.120. The van der Waals surface area contributed by atoms with Crippen LogP contribution in [0.5, 0.6) is 5.75 Å². The molecule has 1 fully saturated rings. The van der Waals surface area contributed by atoms with Crippen molar-refractivity contribution in [3.63, 3.8) is 0 Å². The van der Waals surface area contributed by atoms with Crippen molar-refractivity contribution < 1.29 is 22.3 Å². The predicted molar refractivity (Wildman–Crippen MR) is 71.1 cm³/mol. The Bertz CT molecular complexity index is 562. The largest absolute Gasteiger partial charge is 0.382 e. The van der Waals surface area contributed by atoms with Crippen LogP contribution in [0.4, 0.5) is 5.69 Å². The van der Waals surface area contributed by atoms with Crippen molar-refractivity contribution in [1.82, 2.24) is 0 Å². The van der Waals surface area contributed by atoms with E-state index in [2.05, 4.69) is 0 Å². The van der Waals surface area contributed by atoms with E-state index in [9.17, 15) is 18.5 Å². The van der Waals surface area contributed by atoms with Crippen LogP contribution in [0.25, 0.3) is 0 Å². The first-order chi connectivity index (χ1) is 9.46. The van der Waals surface area contributed by atoms with E-state index in [1.54, 1.807) is 0 Å². The van der Waals surface area contributed by atoms with Gasteiger partial charge >= 0.3 is 10.1 Å². The molecule has 1 aliphatic rings. The number of nitro groups is 1. The first kappa shape index (κ1) is 14.7. The van der Waals surface area contributed by atoms with Gasteiger partial charge in [-0.3, -0.25) is 10.1 Å². The number of hydrogen-bond acceptors (Lipinski definition) is 6. The quantitative estimate of drug-likeness (QED) is 0.468. The minimum absolute atomic E-state index is 0.0615. The molecule has 0 spiro atoms. The Balaban J connectivity index is 1.98. The molecule has 0 radical (unpaired) electrons. The number of nitro benzene ring substituents is 1. The van der Waals surface area contributed by atoms with Gasteiger partial charge in [-0.2, -0.15) is 8.42 Å². The van der Waals surface area contributed by atoms with Crippen molar-refractivity contribution in [1.29, 1.82) is 0 Å². The van der Waals surface area contributed by atoms with Crippen molar-refractivity contribution in [3.8, 4) is 5.75 Å². The van der Waals surface area contributed by atoms with Gasteiger partial charge < -0.3 is 8.92 Å². The molecule has 0 saturated carbocycles. The second kappa shape index (κ2) is 6.19. The Morgan fingerprint density at radius 3 is 2.55 bits per heavy atom. The van der Waals surface area contributed by atoms with Gasteiger partial charge in [0.25, 0.3) is 5.69 Å². The zero-order valence-corrected chi connectivity index (χ0v) is 11.5. The highest BCUT2D eigenvalue weighted by Gasteiger charge is 2.23. The van der Waals surface area contributed by atoms with E-state index in [1.807, 2.05) is 0 Å². The van der Waals surface area contributed by atoms with E-state index in [0.29, 0.717) is 13.0 Å². The number of non-ortho nitro benzene ring substituents is 1. The Morgan fingerprint density at radius 1 is 1.30 bits per heavy atom. The van der Waals surface area contributed by atoms with Crippen molar-refractivity contribution >= 4 is 15.8 Å². The zero-order valence-electron chi connectivity index (χ0n) is 10.7. The monoisotopic (exact) mass is 301 g/mol. The molecule has 7 nitrogen and oxygen atoms in total. The minimum Gasteiger partial charge on any atom is -0.382 e. The van der Waals surface area contributed by atoms with Crippen LogP contribution in [0, 0.1) is 10.1 Å². The second-order valence-electron chi connectivity index (χ2n) is 4.55. The van der Waals surface area contributed by atoms with E-state index >= 15 is 0 Å². The van der Waals surface area contributed by atoms with Crippen LogP contribution in [0.2, 0.25) is 0 Å². The van der Waals surface area contributed by atoms with Crippen LogP contribution in [-0.2, 0) is 14.9 Å². The Labute approximate surface area is 116 Å². The number of ether oxygens (including phenoxy) is 1. The molecule has 1 aliphatic heterocycles. The molecule has 0 bridgehead atoms. The molecule has 2 rings (SSSR count). The minimum atomic E-state index is -3.76. The fourth-order valence-corrected chi connectivity index (χ4v) is 3.16. The van der Waals surface area contributed by atoms with E-state index in [0.717, 1.165) is 12.8 Å². The fraction of sp³-hybridized carbons (Fsp3) is 0.500. The molecule has 1 saturated heterocycles. The molecular weight excluding hydrogens is 286 g/mol. The number of benzene rings is 1. The Hall–Kier alpha value is -1.67. The van der Waals surface area contributed by atoms with Gasteiger partial charge in [0.15, 0.2) is 0 Å². The summed E-state index contributed by atoms with van der Waals surface area (Å²) in [6.45, 7) is 0.567. The third-order valence-electron chi connectivity index (χ3n) is 2.93. The maximum Gasteiger partial charge on any atom is 0.311 e. The van der Waals surface area contributed by atoms with Gasteiger partial charge in [-0.1, -0.05) is 0 Å². The smallest absolute Gasteiger partial charge is 0.311 e. The van der Waals surface area contributed by atoms with Crippen LogP contribution in [0.3, 0.4) is 0 Å². The summed E-state index contributed by atoms with van der Waals surface area (Å²) in [6, 6.07) is 4.92. The van der Waals surface area contributed by atoms with E-state index < -0.39 is 15.0 Å². The molecule has 0 amide bonds. The van der Waals surface area contributed by atoms with E-state index in [-0.39, 0.29) is 23.3 Å². The standard InChI is InChI=1S/C12H15NO6S/c14-13(15)10-4-6-11(7-5-10)19-20(16,17)9-12-3-1-2-8-18-12/h4-7,12H,1-3,8-9H2. The third kappa shape index (κ3) is 4.17. The zero-order chi connectivity index (χ0) is 14.6. The molecule has 20 heavy (non-hydrogen) atoms. The second-order valence-corrected chi connectivity index (χ2v) is 6.16. The Kier molecular flexibility index (Phi) is 4.56. The van der Waals surface area contributed by atoms with Gasteiger partial charge in [0.1, 0.15) is 11.5 Å². The lowest BCUT2D eigenvalue weighted by molar-refractivity contribution is -0.384. The highest BCUT2D eigenvalue weighted by Crippen LogP contribution is 2.20. The van der Waals surface area contributed by atoms with Gasteiger partial charge in [0, 0.05) is 18.7 Å². The van der Waals surface area contributed by atoms with E-state index in [4.69, 9.17) is 8.92 Å². The van der Waals surface area contributed by atoms with Gasteiger partial charge in [-0.25, -0.2) is 0 Å². The lowest BCUT2D eigenvalue weighted by Crippen LogP contribution is -2.29. The van der Waals surface area contributed by atoms with Gasteiger partial charge in [-0.05, 0) is 31.4 Å². The molecular formula is C12H15NO6S. The summed E-state index contributed by atoms with van der Waals surface area (Å²) in [6.07, 6.45) is 2.24. The van der Waals surface area contributed by atoms with Crippen molar-refractivity contribution in [2.75, 3.05) is 12.4 Å². The van der Waals surface area contributed by atoms with Crippen molar-refractivity contribution in [3.05, 3.63) is 34.4 Å². The maximum absolute atomic E-state index is 11.9. The van der Waals surface area contributed by atoms with Crippen molar-refractivity contribution in [2.45, 2.75) is 25.4 Å². The molecule has 1 aromatic carbocycles. The first-order valence-electron chi connectivity index (χ1n) is 6.24. The average Bonchev–Trinajstić information content (AvgIpc) is 2.39. The molecule has 1 heterocycles. The van der Waals surface area contributed by atoms with Gasteiger partial charge in [-0.15, -0.1) is 0 Å². The van der Waals surface area contributed by atoms with E-state index in [1.165, 1.54) is 24.3 Å². The van der Waals surface area contributed by atoms with Gasteiger partial charge in [0.05, 0.1) is 11.0 Å². The van der Waals surface area contributed by atoms with Crippen LogP contribution < -0.4 is 4.18 Å². The third-order valence-corrected chi connectivity index (χ3v) is 4.16. The molecule has 0 aromatic heterocycles. The number of nitrogens with zero attached hydrogens (tertiary/aromatic N) is 1. The number of hydrogen-bond donors (Lipinski definition) is 0. The lowest BCUT2D eigenvalue weighted by atomic mass is 10.1. The molecule has 0 aliphatic carbocycles. The molecule has 8 heteroatoms. The normalized spacial score (nSPS) is 19.5. The van der Waals surface area contributed by atoms with Crippen LogP contribution in [-0.4, -0.2) is 31.8 Å². The highest BCUT2D eigenvalue weighted by molar-refractivity contribution is 7.87. The van der Waals surface area contributed by atoms with Crippen molar-refractivity contribution in [2.24, 2.45) is 0 Å². The summed E-state index contributed by atoms with van der Waals surface area (Å²) < 4.78 is 34.0. The van der Waals surface area contributed by atoms with Crippen LogP contribution in [0.15, 0.2) is 24.3 Å². The number of rotatable bonds is 5. The molecule has 1 unspecified atom stereocenters. The van der Waals surface area contributed by atoms with Gasteiger partial charge in [0.2, 0.25) is 0 Å². The topological polar surface area (TPSA) is 95.7 Å². The summed E-state index contributed by atoms with van der Waals surface area (Å²) in [5, 5.41) is 10.5. The summed E-state index contributed by atoms with van der Waals surface area (Å²) >= 11 is 0. The van der Waals surface area contributed by atoms with Crippen LogP contribution in [0.1, 0.15) is 19.3 Å². The average molecular weight is 301 g/mol. The lowest BCUT2D eigenvalue weighted by Gasteiger charge is -2.22. The maximum atomic E-state index is 11.9. The molecule has 1 aromatic rings. The predicted octanol–water partition coefficient (Wildman–Crippen LogP) is 1.87. The Morgan fingerprint density at radius 2 is 2.00 bits per heavy atom. The molecule has 1 atom stereocenters. The molecule has 0 N–H and O–H groups in total. The SMILES string of the molecule is O=[N+]([O-])c1ccc(OS(=O)(=O)CC2CCCCO2)cc1. The summed E-state index contributed by atoms with van der Waals surface area (Å²) in [4.78, 5) is 9.93. The summed E-state index contributed by atoms with van der Waals surface area (Å²) in [5.74, 6) is -0.143. The summed E-state index contributed by atoms with van der Waals surface area (Å²) in [7, 11) is -3.76. The highest BCUT2D eigenvalue weighted by atomic mass is 32.2.